The fourth-order valence-corrected chi connectivity index (χ4v) is 5.00. The quantitative estimate of drug-likeness (QED) is 0.526. The Morgan fingerprint density at radius 2 is 2.04 bits per heavy atom. The van der Waals surface area contributed by atoms with E-state index in [2.05, 4.69) is 16.3 Å². The maximum Gasteiger partial charge on any atom is 0.276 e. The van der Waals surface area contributed by atoms with Gasteiger partial charge in [-0.05, 0) is 37.5 Å². The molecule has 1 aliphatic heterocycles. The number of hydrogen-bond donors (Lipinski definition) is 0. The Labute approximate surface area is 157 Å². The molecule has 1 saturated heterocycles. The van der Waals surface area contributed by atoms with Crippen LogP contribution in [0.4, 0.5) is 0 Å². The van der Waals surface area contributed by atoms with E-state index in [0.29, 0.717) is 36.2 Å². The summed E-state index contributed by atoms with van der Waals surface area (Å²) in [5.74, 6) is 1.02. The minimum absolute atomic E-state index is 0.248. The van der Waals surface area contributed by atoms with Crippen molar-refractivity contribution in [1.29, 1.82) is 5.26 Å². The van der Waals surface area contributed by atoms with E-state index < -0.39 is 10.0 Å². The fraction of sp³-hybridized carbons (Fsp3) is 0.471. The van der Waals surface area contributed by atoms with Gasteiger partial charge in [-0.25, -0.2) is 8.42 Å². The summed E-state index contributed by atoms with van der Waals surface area (Å²) in [4.78, 5) is 0.248. The molecule has 0 bridgehead atoms. The number of piperidine rings is 1. The zero-order chi connectivity index (χ0) is 18.4. The number of benzene rings is 1. The van der Waals surface area contributed by atoms with Crippen molar-refractivity contribution in [2.45, 2.75) is 42.2 Å². The molecule has 0 aliphatic carbocycles. The van der Waals surface area contributed by atoms with E-state index in [9.17, 15) is 8.42 Å². The highest BCUT2D eigenvalue weighted by molar-refractivity contribution is 7.99. The largest absolute Gasteiger partial charge is 0.411 e. The van der Waals surface area contributed by atoms with E-state index in [1.165, 1.54) is 11.8 Å². The van der Waals surface area contributed by atoms with Crippen molar-refractivity contribution in [3.8, 4) is 17.5 Å². The van der Waals surface area contributed by atoms with Crippen LogP contribution in [0, 0.1) is 11.3 Å². The van der Waals surface area contributed by atoms with Gasteiger partial charge >= 0.3 is 0 Å². The van der Waals surface area contributed by atoms with Crippen LogP contribution in [0.3, 0.4) is 0 Å². The van der Waals surface area contributed by atoms with Gasteiger partial charge in [0.15, 0.2) is 0 Å². The predicted molar refractivity (Wildman–Crippen MR) is 97.9 cm³/mol. The van der Waals surface area contributed by atoms with Crippen LogP contribution in [0.5, 0.6) is 0 Å². The summed E-state index contributed by atoms with van der Waals surface area (Å²) in [6.45, 7) is 1.13. The standard InChI is InChI=1S/C17H20N4O3S2/c18-9-2-5-12-25-17-20-19-16(24-17)14-7-6-8-15(13-14)26(22,23)21-10-3-1-4-11-21/h6-8,13H,1-5,10-12H2. The number of aromatic nitrogens is 2. The lowest BCUT2D eigenvalue weighted by atomic mass is 10.2. The van der Waals surface area contributed by atoms with E-state index in [-0.39, 0.29) is 4.90 Å². The van der Waals surface area contributed by atoms with Crippen LogP contribution >= 0.6 is 11.8 Å². The second-order valence-corrected chi connectivity index (χ2v) is 8.96. The first-order valence-electron chi connectivity index (χ1n) is 8.55. The van der Waals surface area contributed by atoms with E-state index in [1.807, 2.05) is 0 Å². The van der Waals surface area contributed by atoms with Gasteiger partial charge in [0.05, 0.1) is 11.0 Å². The number of sulfonamides is 1. The molecule has 7 nitrogen and oxygen atoms in total. The maximum atomic E-state index is 12.8. The molecule has 0 spiro atoms. The van der Waals surface area contributed by atoms with Gasteiger partial charge in [-0.1, -0.05) is 24.2 Å². The summed E-state index contributed by atoms with van der Waals surface area (Å²) in [5, 5.41) is 16.9. The van der Waals surface area contributed by atoms with Crippen molar-refractivity contribution in [3.63, 3.8) is 0 Å². The van der Waals surface area contributed by atoms with E-state index in [4.69, 9.17) is 9.68 Å². The molecule has 1 aliphatic rings. The molecule has 138 valence electrons. The van der Waals surface area contributed by atoms with Crippen molar-refractivity contribution >= 4 is 21.8 Å². The first kappa shape index (κ1) is 18.9. The van der Waals surface area contributed by atoms with Gasteiger partial charge in [0.1, 0.15) is 0 Å². The molecule has 0 radical (unpaired) electrons. The van der Waals surface area contributed by atoms with Crippen LogP contribution in [0.1, 0.15) is 32.1 Å². The van der Waals surface area contributed by atoms with Crippen molar-refractivity contribution in [3.05, 3.63) is 24.3 Å². The SMILES string of the molecule is N#CCCCSc1nnc(-c2cccc(S(=O)(=O)N3CCCCC3)c2)o1. The highest BCUT2D eigenvalue weighted by Gasteiger charge is 2.26. The number of nitriles is 1. The summed E-state index contributed by atoms with van der Waals surface area (Å²) < 4.78 is 32.8. The third kappa shape index (κ3) is 4.44. The lowest BCUT2D eigenvalue weighted by Crippen LogP contribution is -2.35. The first-order valence-corrected chi connectivity index (χ1v) is 11.0. The summed E-state index contributed by atoms with van der Waals surface area (Å²) in [6.07, 6.45) is 4.11. The third-order valence-corrected chi connectivity index (χ3v) is 6.90. The fourth-order valence-electron chi connectivity index (χ4n) is 2.74. The average Bonchev–Trinajstić information content (AvgIpc) is 3.15. The van der Waals surface area contributed by atoms with E-state index in [1.54, 1.807) is 28.6 Å². The molecular formula is C17H20N4O3S2. The average molecular weight is 393 g/mol. The van der Waals surface area contributed by atoms with Crippen LogP contribution in [0.15, 0.2) is 38.8 Å². The third-order valence-electron chi connectivity index (χ3n) is 4.10. The highest BCUT2D eigenvalue weighted by atomic mass is 32.2. The Hall–Kier alpha value is -1.89. The minimum atomic E-state index is -3.50. The molecule has 1 aromatic carbocycles. The highest BCUT2D eigenvalue weighted by Crippen LogP contribution is 2.27. The molecule has 9 heteroatoms. The zero-order valence-corrected chi connectivity index (χ0v) is 15.9. The smallest absolute Gasteiger partial charge is 0.276 e. The molecule has 0 unspecified atom stereocenters. The molecule has 0 N–H and O–H groups in total. The Bertz CT molecular complexity index is 883. The summed E-state index contributed by atoms with van der Waals surface area (Å²) >= 11 is 1.39. The molecule has 0 saturated carbocycles. The van der Waals surface area contributed by atoms with Crippen molar-refractivity contribution in [2.75, 3.05) is 18.8 Å². The Balaban J connectivity index is 1.75. The molecule has 1 fully saturated rings. The monoisotopic (exact) mass is 392 g/mol. The van der Waals surface area contributed by atoms with Gasteiger partial charge in [0.2, 0.25) is 15.9 Å². The van der Waals surface area contributed by atoms with Gasteiger partial charge in [0.25, 0.3) is 5.22 Å². The van der Waals surface area contributed by atoms with Gasteiger partial charge in [-0.2, -0.15) is 9.57 Å². The minimum Gasteiger partial charge on any atom is -0.411 e. The van der Waals surface area contributed by atoms with Crippen molar-refractivity contribution < 1.29 is 12.8 Å². The van der Waals surface area contributed by atoms with Crippen LogP contribution in [0.2, 0.25) is 0 Å². The Morgan fingerprint density at radius 3 is 2.81 bits per heavy atom. The number of rotatable bonds is 7. The number of nitrogens with zero attached hydrogens (tertiary/aromatic N) is 4. The van der Waals surface area contributed by atoms with Gasteiger partial charge in [-0.3, -0.25) is 0 Å². The van der Waals surface area contributed by atoms with Crippen LogP contribution in [-0.4, -0.2) is 41.8 Å². The van der Waals surface area contributed by atoms with Crippen LogP contribution in [0.25, 0.3) is 11.5 Å². The van der Waals surface area contributed by atoms with E-state index >= 15 is 0 Å². The van der Waals surface area contributed by atoms with Crippen molar-refractivity contribution in [1.82, 2.24) is 14.5 Å². The predicted octanol–water partition coefficient (Wildman–Crippen LogP) is 3.31. The number of unbranched alkanes of at least 4 members (excludes halogenated alkanes) is 1. The lowest BCUT2D eigenvalue weighted by molar-refractivity contribution is 0.346. The van der Waals surface area contributed by atoms with Gasteiger partial charge in [0, 0.05) is 30.8 Å². The lowest BCUT2D eigenvalue weighted by Gasteiger charge is -2.25. The second kappa shape index (κ2) is 8.66. The van der Waals surface area contributed by atoms with Crippen molar-refractivity contribution in [2.24, 2.45) is 0 Å². The molecule has 1 aromatic heterocycles. The molecule has 2 heterocycles. The molecule has 3 rings (SSSR count). The Kier molecular flexibility index (Phi) is 6.29. The molecule has 2 aromatic rings. The van der Waals surface area contributed by atoms with E-state index in [0.717, 1.165) is 31.4 Å². The van der Waals surface area contributed by atoms with Crippen LogP contribution < -0.4 is 0 Å². The summed E-state index contributed by atoms with van der Waals surface area (Å²) in [7, 11) is -3.50. The molecule has 0 atom stereocenters. The van der Waals surface area contributed by atoms with Gasteiger partial charge in [-0.15, -0.1) is 10.2 Å². The van der Waals surface area contributed by atoms with Crippen LogP contribution in [-0.2, 0) is 10.0 Å². The first-order chi connectivity index (χ1) is 12.6. The maximum absolute atomic E-state index is 12.8. The molecular weight excluding hydrogens is 372 g/mol. The number of hydrogen-bond acceptors (Lipinski definition) is 7. The normalized spacial score (nSPS) is 15.7. The Morgan fingerprint density at radius 1 is 1.23 bits per heavy atom. The zero-order valence-electron chi connectivity index (χ0n) is 14.3. The summed E-state index contributed by atoms with van der Waals surface area (Å²) in [5.41, 5.74) is 0.583. The molecule has 0 amide bonds. The summed E-state index contributed by atoms with van der Waals surface area (Å²) in [6, 6.07) is 8.72. The molecule has 26 heavy (non-hydrogen) atoms. The topological polar surface area (TPSA) is 100 Å². The van der Waals surface area contributed by atoms with Gasteiger partial charge < -0.3 is 4.42 Å². The number of thioether (sulfide) groups is 1. The second-order valence-electron chi connectivity index (χ2n) is 5.98.